The summed E-state index contributed by atoms with van der Waals surface area (Å²) in [5.41, 5.74) is 1.98. The van der Waals surface area contributed by atoms with Gasteiger partial charge in [0.1, 0.15) is 6.17 Å². The van der Waals surface area contributed by atoms with Gasteiger partial charge in [-0.1, -0.05) is 12.1 Å². The number of aliphatic imine (C=N–C) groups is 1. The Hall–Kier alpha value is -2.11. The smallest absolute Gasteiger partial charge is 0.104 e. The fraction of sp³-hybridized carbons (Fsp3) is 0.353. The number of nitrogens with zero attached hydrogens (tertiary/aromatic N) is 4. The van der Waals surface area contributed by atoms with Crippen LogP contribution in [-0.2, 0) is 0 Å². The van der Waals surface area contributed by atoms with E-state index in [1.54, 1.807) is 6.20 Å². The summed E-state index contributed by atoms with van der Waals surface area (Å²) in [6.07, 6.45) is 6.83. The van der Waals surface area contributed by atoms with Crippen LogP contribution in [0.25, 0.3) is 0 Å². The first kappa shape index (κ1) is 14.8. The molecule has 5 nitrogen and oxygen atoms in total. The van der Waals surface area contributed by atoms with Crippen molar-refractivity contribution in [1.82, 2.24) is 20.2 Å². The Bertz CT molecular complexity index is 585. The van der Waals surface area contributed by atoms with Gasteiger partial charge in [-0.25, -0.2) is 0 Å². The minimum Gasteiger partial charge on any atom is -0.297 e. The first-order valence-electron chi connectivity index (χ1n) is 7.73. The van der Waals surface area contributed by atoms with Crippen LogP contribution in [0, 0.1) is 0 Å². The third-order valence-electron chi connectivity index (χ3n) is 3.72. The Morgan fingerprint density at radius 1 is 1.18 bits per heavy atom. The number of nitrogens with one attached hydrogen (secondary N) is 1. The van der Waals surface area contributed by atoms with E-state index in [0.29, 0.717) is 0 Å². The molecule has 0 aliphatic carbocycles. The minimum atomic E-state index is 0.194. The summed E-state index contributed by atoms with van der Waals surface area (Å²) in [6, 6.07) is 11.9. The average molecular weight is 295 g/mol. The van der Waals surface area contributed by atoms with Crippen LogP contribution in [0.5, 0.6) is 0 Å². The highest BCUT2D eigenvalue weighted by Crippen LogP contribution is 2.18. The van der Waals surface area contributed by atoms with Gasteiger partial charge in [0.05, 0.1) is 17.9 Å². The Morgan fingerprint density at radius 3 is 2.82 bits per heavy atom. The molecule has 0 unspecified atom stereocenters. The molecule has 2 aromatic rings. The Balaban J connectivity index is 1.57. The SMILES string of the molecule is C(=NCCN1CCCN[C@@H]1c1ccccn1)c1ccccn1. The maximum absolute atomic E-state index is 4.49. The van der Waals surface area contributed by atoms with Crippen molar-refractivity contribution in [3.8, 4) is 0 Å². The van der Waals surface area contributed by atoms with Crippen LogP contribution < -0.4 is 5.32 Å². The molecule has 0 aromatic carbocycles. The zero-order chi connectivity index (χ0) is 15.0. The summed E-state index contributed by atoms with van der Waals surface area (Å²) in [6.45, 7) is 3.79. The van der Waals surface area contributed by atoms with Gasteiger partial charge in [0, 0.05) is 31.7 Å². The molecule has 1 fully saturated rings. The van der Waals surface area contributed by atoms with E-state index in [1.165, 1.54) is 0 Å². The van der Waals surface area contributed by atoms with Gasteiger partial charge >= 0.3 is 0 Å². The van der Waals surface area contributed by atoms with E-state index >= 15 is 0 Å². The van der Waals surface area contributed by atoms with Gasteiger partial charge in [-0.15, -0.1) is 0 Å². The fourth-order valence-electron chi connectivity index (χ4n) is 2.65. The third-order valence-corrected chi connectivity index (χ3v) is 3.72. The highest BCUT2D eigenvalue weighted by Gasteiger charge is 2.23. The van der Waals surface area contributed by atoms with Crippen LogP contribution in [0.15, 0.2) is 53.8 Å². The first-order chi connectivity index (χ1) is 10.9. The molecule has 1 N–H and O–H groups in total. The van der Waals surface area contributed by atoms with Crippen LogP contribution in [0.3, 0.4) is 0 Å². The lowest BCUT2D eigenvalue weighted by Crippen LogP contribution is -2.46. The summed E-state index contributed by atoms with van der Waals surface area (Å²) in [5.74, 6) is 0. The second-order valence-corrected chi connectivity index (χ2v) is 5.29. The Morgan fingerprint density at radius 2 is 2.05 bits per heavy atom. The number of hydrogen-bond donors (Lipinski definition) is 1. The Kier molecular flexibility index (Phi) is 5.23. The summed E-state index contributed by atoms with van der Waals surface area (Å²) < 4.78 is 0. The molecule has 0 bridgehead atoms. The van der Waals surface area contributed by atoms with Crippen molar-refractivity contribution in [1.29, 1.82) is 0 Å². The van der Waals surface area contributed by atoms with E-state index in [4.69, 9.17) is 0 Å². The molecule has 1 atom stereocenters. The quantitative estimate of drug-likeness (QED) is 0.856. The van der Waals surface area contributed by atoms with E-state index < -0.39 is 0 Å². The predicted octanol–water partition coefficient (Wildman–Crippen LogP) is 1.89. The maximum Gasteiger partial charge on any atom is 0.104 e. The van der Waals surface area contributed by atoms with Crippen LogP contribution in [0.4, 0.5) is 0 Å². The normalized spacial score (nSPS) is 19.5. The molecule has 0 amide bonds. The third kappa shape index (κ3) is 3.96. The summed E-state index contributed by atoms with van der Waals surface area (Å²) in [4.78, 5) is 15.6. The average Bonchev–Trinajstić information content (AvgIpc) is 2.61. The number of hydrogen-bond acceptors (Lipinski definition) is 5. The molecular weight excluding hydrogens is 274 g/mol. The van der Waals surface area contributed by atoms with Crippen molar-refractivity contribution in [2.24, 2.45) is 4.99 Å². The van der Waals surface area contributed by atoms with Crippen molar-refractivity contribution in [3.05, 3.63) is 60.2 Å². The second kappa shape index (κ2) is 7.77. The maximum atomic E-state index is 4.49. The van der Waals surface area contributed by atoms with E-state index in [0.717, 1.165) is 44.0 Å². The fourth-order valence-corrected chi connectivity index (χ4v) is 2.65. The van der Waals surface area contributed by atoms with Gasteiger partial charge < -0.3 is 0 Å². The van der Waals surface area contributed by atoms with Crippen LogP contribution in [-0.4, -0.2) is 47.3 Å². The standard InChI is InChI=1S/C17H21N5/c1-3-8-19-15(6-1)14-18-11-13-22-12-5-10-21-17(22)16-7-2-4-9-20-16/h1-4,6-9,14,17,21H,5,10-13H2/t17-/m0/s1. The zero-order valence-corrected chi connectivity index (χ0v) is 12.6. The molecule has 0 saturated carbocycles. The summed E-state index contributed by atoms with van der Waals surface area (Å²) >= 11 is 0. The number of pyridine rings is 2. The monoisotopic (exact) mass is 295 g/mol. The molecule has 5 heteroatoms. The molecule has 3 rings (SSSR count). The van der Waals surface area contributed by atoms with Crippen LogP contribution >= 0.6 is 0 Å². The summed E-state index contributed by atoms with van der Waals surface area (Å²) in [7, 11) is 0. The first-order valence-corrected chi connectivity index (χ1v) is 7.73. The lowest BCUT2D eigenvalue weighted by atomic mass is 10.2. The molecule has 3 heterocycles. The van der Waals surface area contributed by atoms with Crippen LogP contribution in [0.2, 0.25) is 0 Å². The van der Waals surface area contributed by atoms with Crippen molar-refractivity contribution in [3.63, 3.8) is 0 Å². The van der Waals surface area contributed by atoms with Gasteiger partial charge in [0.15, 0.2) is 0 Å². The lowest BCUT2D eigenvalue weighted by Gasteiger charge is -2.35. The van der Waals surface area contributed by atoms with Gasteiger partial charge in [-0.3, -0.25) is 25.2 Å². The Labute approximate surface area is 131 Å². The molecule has 2 aromatic heterocycles. The van der Waals surface area contributed by atoms with E-state index in [-0.39, 0.29) is 6.17 Å². The highest BCUT2D eigenvalue weighted by atomic mass is 15.3. The molecule has 22 heavy (non-hydrogen) atoms. The van der Waals surface area contributed by atoms with Gasteiger partial charge in [-0.2, -0.15) is 0 Å². The largest absolute Gasteiger partial charge is 0.297 e. The van der Waals surface area contributed by atoms with Crippen LogP contribution in [0.1, 0.15) is 24.0 Å². The molecule has 114 valence electrons. The van der Waals surface area contributed by atoms with E-state index in [1.807, 2.05) is 42.7 Å². The molecule has 1 aliphatic rings. The van der Waals surface area contributed by atoms with E-state index in [2.05, 4.69) is 31.2 Å². The molecule has 1 saturated heterocycles. The van der Waals surface area contributed by atoms with Crippen molar-refractivity contribution in [2.45, 2.75) is 12.6 Å². The van der Waals surface area contributed by atoms with Crippen molar-refractivity contribution in [2.75, 3.05) is 26.2 Å². The topological polar surface area (TPSA) is 53.4 Å². The molecular formula is C17H21N5. The van der Waals surface area contributed by atoms with Crippen molar-refractivity contribution < 1.29 is 0 Å². The van der Waals surface area contributed by atoms with Crippen molar-refractivity contribution >= 4 is 6.21 Å². The van der Waals surface area contributed by atoms with Gasteiger partial charge in [-0.05, 0) is 37.2 Å². The predicted molar refractivity (Wildman–Crippen MR) is 87.9 cm³/mol. The second-order valence-electron chi connectivity index (χ2n) is 5.29. The lowest BCUT2D eigenvalue weighted by molar-refractivity contribution is 0.132. The van der Waals surface area contributed by atoms with Gasteiger partial charge in [0.2, 0.25) is 0 Å². The minimum absolute atomic E-state index is 0.194. The molecule has 1 aliphatic heterocycles. The zero-order valence-electron chi connectivity index (χ0n) is 12.6. The van der Waals surface area contributed by atoms with E-state index in [9.17, 15) is 0 Å². The summed E-state index contributed by atoms with van der Waals surface area (Å²) in [5, 5.41) is 3.54. The molecule has 0 spiro atoms. The number of rotatable bonds is 5. The molecule has 0 radical (unpaired) electrons. The highest BCUT2D eigenvalue weighted by molar-refractivity contribution is 5.76. The van der Waals surface area contributed by atoms with Gasteiger partial charge in [0.25, 0.3) is 0 Å². The number of aromatic nitrogens is 2.